The fraction of sp³-hybridized carbons (Fsp3) is 1.00. The lowest BCUT2D eigenvalue weighted by Gasteiger charge is -2.10. The molecule has 0 radical (unpaired) electrons. The Labute approximate surface area is 67.7 Å². The molecule has 13 heavy (non-hydrogen) atoms. The lowest BCUT2D eigenvalue weighted by Crippen LogP contribution is -2.35. The summed E-state index contributed by atoms with van der Waals surface area (Å²) in [5.74, 6) is 0. The van der Waals surface area contributed by atoms with E-state index in [9.17, 15) is 22.0 Å². The highest BCUT2D eigenvalue weighted by atomic mass is 31.2. The number of hydrogen-bond acceptors (Lipinski definition) is 2. The van der Waals surface area contributed by atoms with E-state index in [1.807, 2.05) is 0 Å². The quantitative estimate of drug-likeness (QED) is 0.354. The molecule has 0 bridgehead atoms. The molecule has 0 spiro atoms. The molecule has 0 fully saturated rings. The van der Waals surface area contributed by atoms with Gasteiger partial charge in [-0.15, -0.1) is 0 Å². The number of phosphoric acid groups is 1. The van der Waals surface area contributed by atoms with Crippen LogP contribution in [0.25, 0.3) is 0 Å². The molecule has 0 saturated heterocycles. The van der Waals surface area contributed by atoms with E-state index in [2.05, 4.69) is 0 Å². The summed E-state index contributed by atoms with van der Waals surface area (Å²) in [7, 11) is -4.64. The molecule has 4 N–H and O–H groups in total. The molecule has 0 amide bonds. The zero-order valence-electron chi connectivity index (χ0n) is 5.53. The van der Waals surface area contributed by atoms with E-state index in [1.165, 1.54) is 0 Å². The maximum Gasteiger partial charge on any atom is 0.482 e. The predicted octanol–water partition coefficient (Wildman–Crippen LogP) is 0.205. The van der Waals surface area contributed by atoms with E-state index in [-0.39, 0.29) is 0 Å². The molecule has 0 unspecified atom stereocenters. The SMILES string of the molecule is O=P(O)(O)O.OC(F)(F)C(F)(F)F. The average molecular weight is 234 g/mol. The van der Waals surface area contributed by atoms with Gasteiger partial charge in [-0.25, -0.2) is 4.57 Å². The van der Waals surface area contributed by atoms with Gasteiger partial charge < -0.3 is 19.8 Å². The van der Waals surface area contributed by atoms with Crippen LogP contribution in [0.15, 0.2) is 0 Å². The van der Waals surface area contributed by atoms with Gasteiger partial charge in [-0.2, -0.15) is 22.0 Å². The van der Waals surface area contributed by atoms with Crippen LogP contribution >= 0.6 is 7.82 Å². The van der Waals surface area contributed by atoms with Crippen LogP contribution in [0.2, 0.25) is 0 Å². The Hall–Kier alpha value is -0.280. The standard InChI is InChI=1S/C2HF5O.H3O4P/c3-1(4,5)2(6,7)8;1-5(2,3)4/h8H;(H3,1,2,3,4). The molecule has 5 nitrogen and oxygen atoms in total. The first-order valence-electron chi connectivity index (χ1n) is 2.20. The van der Waals surface area contributed by atoms with Crippen molar-refractivity contribution in [3.63, 3.8) is 0 Å². The highest BCUT2D eigenvalue weighted by Crippen LogP contribution is 2.32. The first kappa shape index (κ1) is 15.2. The second kappa shape index (κ2) is 4.29. The molecule has 0 aliphatic carbocycles. The number of hydrogen-bond donors (Lipinski definition) is 4. The minimum absolute atomic E-state index is 4.64. The molecular weight excluding hydrogens is 230 g/mol. The van der Waals surface area contributed by atoms with Crippen molar-refractivity contribution in [1.29, 1.82) is 0 Å². The summed E-state index contributed by atoms with van der Waals surface area (Å²) in [6.45, 7) is 0. The molecule has 82 valence electrons. The Balaban J connectivity index is 0. The van der Waals surface area contributed by atoms with E-state index < -0.39 is 20.1 Å². The molecule has 0 rings (SSSR count). The maximum atomic E-state index is 10.7. The minimum Gasteiger partial charge on any atom is -0.329 e. The van der Waals surface area contributed by atoms with E-state index in [0.717, 1.165) is 0 Å². The number of rotatable bonds is 0. The molecular formula is C2H4F5O5P. The first-order chi connectivity index (χ1) is 5.25. The first-order valence-corrected chi connectivity index (χ1v) is 3.77. The van der Waals surface area contributed by atoms with Crippen LogP contribution in [-0.2, 0) is 4.57 Å². The van der Waals surface area contributed by atoms with Gasteiger partial charge in [-0.3, -0.25) is 0 Å². The number of halogens is 5. The third-order valence-corrected chi connectivity index (χ3v) is 0.341. The largest absolute Gasteiger partial charge is 0.482 e. The second-order valence-corrected chi connectivity index (χ2v) is 2.58. The van der Waals surface area contributed by atoms with Crippen LogP contribution in [0.1, 0.15) is 0 Å². The van der Waals surface area contributed by atoms with Crippen molar-refractivity contribution in [2.24, 2.45) is 0 Å². The molecule has 0 aliphatic heterocycles. The fourth-order valence-corrected chi connectivity index (χ4v) is 0. The van der Waals surface area contributed by atoms with Crippen molar-refractivity contribution >= 4 is 7.82 Å². The van der Waals surface area contributed by atoms with Crippen molar-refractivity contribution in [1.82, 2.24) is 0 Å². The molecule has 0 aromatic carbocycles. The normalized spacial score (nSPS) is 13.3. The summed E-state index contributed by atoms with van der Waals surface area (Å²) < 4.78 is 61.9. The lowest BCUT2D eigenvalue weighted by atomic mass is 10.6. The lowest BCUT2D eigenvalue weighted by molar-refractivity contribution is -0.374. The van der Waals surface area contributed by atoms with Gasteiger partial charge in [-0.05, 0) is 0 Å². The van der Waals surface area contributed by atoms with E-state index in [0.29, 0.717) is 0 Å². The van der Waals surface area contributed by atoms with Gasteiger partial charge in [0.15, 0.2) is 0 Å². The minimum atomic E-state index is -5.84. The van der Waals surface area contributed by atoms with E-state index in [4.69, 9.17) is 24.4 Å². The Kier molecular flexibility index (Phi) is 5.02. The maximum absolute atomic E-state index is 10.7. The Morgan fingerprint density at radius 2 is 1.00 bits per heavy atom. The van der Waals surface area contributed by atoms with Gasteiger partial charge in [0.2, 0.25) is 0 Å². The molecule has 0 saturated carbocycles. The summed E-state index contributed by atoms with van der Waals surface area (Å²) in [6.07, 6.45) is -11.4. The van der Waals surface area contributed by atoms with Crippen LogP contribution in [0.3, 0.4) is 0 Å². The molecule has 11 heteroatoms. The van der Waals surface area contributed by atoms with Crippen LogP contribution in [-0.4, -0.2) is 32.1 Å². The fourth-order valence-electron chi connectivity index (χ4n) is 0. The third-order valence-electron chi connectivity index (χ3n) is 0.341. The number of aliphatic hydroxyl groups is 1. The van der Waals surface area contributed by atoms with E-state index in [1.54, 1.807) is 0 Å². The Morgan fingerprint density at radius 1 is 0.923 bits per heavy atom. The third kappa shape index (κ3) is 14.6. The zero-order chi connectivity index (χ0) is 11.5. The topological polar surface area (TPSA) is 98.0 Å². The van der Waals surface area contributed by atoms with Crippen LogP contribution < -0.4 is 0 Å². The summed E-state index contributed by atoms with van der Waals surface area (Å²) in [5, 5.41) is 6.90. The van der Waals surface area contributed by atoms with Gasteiger partial charge in [0.1, 0.15) is 0 Å². The molecule has 0 aliphatic rings. The zero-order valence-corrected chi connectivity index (χ0v) is 6.43. The second-order valence-electron chi connectivity index (χ2n) is 1.55. The van der Waals surface area contributed by atoms with Crippen molar-refractivity contribution < 1.29 is 46.3 Å². The van der Waals surface area contributed by atoms with Gasteiger partial charge >= 0.3 is 20.1 Å². The number of alkyl halides is 5. The van der Waals surface area contributed by atoms with Gasteiger partial charge in [-0.1, -0.05) is 0 Å². The van der Waals surface area contributed by atoms with Crippen molar-refractivity contribution in [3.05, 3.63) is 0 Å². The highest BCUT2D eigenvalue weighted by Gasteiger charge is 2.56. The smallest absolute Gasteiger partial charge is 0.329 e. The molecule has 0 heterocycles. The highest BCUT2D eigenvalue weighted by molar-refractivity contribution is 7.45. The van der Waals surface area contributed by atoms with Crippen molar-refractivity contribution in [2.75, 3.05) is 0 Å². The van der Waals surface area contributed by atoms with E-state index >= 15 is 0 Å². The van der Waals surface area contributed by atoms with Crippen LogP contribution in [0, 0.1) is 0 Å². The van der Waals surface area contributed by atoms with Crippen molar-refractivity contribution in [3.8, 4) is 0 Å². The summed E-state index contributed by atoms with van der Waals surface area (Å²) in [6, 6.07) is 0. The summed E-state index contributed by atoms with van der Waals surface area (Å²) >= 11 is 0. The summed E-state index contributed by atoms with van der Waals surface area (Å²) in [5.41, 5.74) is 0. The predicted molar refractivity (Wildman–Crippen MR) is 27.5 cm³/mol. The Morgan fingerprint density at radius 3 is 1.00 bits per heavy atom. The monoisotopic (exact) mass is 234 g/mol. The van der Waals surface area contributed by atoms with Crippen molar-refractivity contribution in [2.45, 2.75) is 12.3 Å². The Bertz CT molecular complexity index is 168. The van der Waals surface area contributed by atoms with Crippen LogP contribution in [0.4, 0.5) is 22.0 Å². The van der Waals surface area contributed by atoms with Gasteiger partial charge in [0.25, 0.3) is 0 Å². The molecule has 0 aromatic heterocycles. The summed E-state index contributed by atoms with van der Waals surface area (Å²) in [4.78, 5) is 21.6. The van der Waals surface area contributed by atoms with Crippen LogP contribution in [0.5, 0.6) is 0 Å². The van der Waals surface area contributed by atoms with Gasteiger partial charge in [0, 0.05) is 0 Å². The average Bonchev–Trinajstić information content (AvgIpc) is 1.50. The van der Waals surface area contributed by atoms with Gasteiger partial charge in [0.05, 0.1) is 0 Å². The molecule has 0 atom stereocenters. The molecule has 0 aromatic rings.